The van der Waals surface area contributed by atoms with Gasteiger partial charge in [0.1, 0.15) is 0 Å². The van der Waals surface area contributed by atoms with Crippen LogP contribution in [-0.4, -0.2) is 13.9 Å². The van der Waals surface area contributed by atoms with Gasteiger partial charge >= 0.3 is 0 Å². The highest BCUT2D eigenvalue weighted by molar-refractivity contribution is 5.54. The average molecular weight is 209 g/mol. The van der Waals surface area contributed by atoms with E-state index in [1.54, 1.807) is 7.11 Å². The molecule has 1 aromatic rings. The van der Waals surface area contributed by atoms with Gasteiger partial charge in [-0.1, -0.05) is 0 Å². The normalized spacial score (nSPS) is 13.3. The highest BCUT2D eigenvalue weighted by Gasteiger charge is 2.19. The first kappa shape index (κ1) is 10.3. The van der Waals surface area contributed by atoms with Crippen molar-refractivity contribution in [2.75, 3.05) is 13.9 Å². The number of benzene rings is 1. The first-order valence-corrected chi connectivity index (χ1v) is 4.88. The summed E-state index contributed by atoms with van der Waals surface area (Å²) in [5.74, 6) is 1.69. The van der Waals surface area contributed by atoms with Crippen LogP contribution in [0.5, 0.6) is 11.5 Å². The molecule has 4 nitrogen and oxygen atoms in total. The zero-order valence-electron chi connectivity index (χ0n) is 9.22. The molecule has 1 aliphatic heterocycles. The molecule has 0 aliphatic carbocycles. The number of hydrogen-bond donors (Lipinski definition) is 1. The minimum absolute atomic E-state index is 0.316. The van der Waals surface area contributed by atoms with Gasteiger partial charge in [0.05, 0.1) is 7.11 Å². The summed E-state index contributed by atoms with van der Waals surface area (Å²) in [6.07, 6.45) is 0. The first-order valence-electron chi connectivity index (χ1n) is 4.88. The van der Waals surface area contributed by atoms with Gasteiger partial charge in [-0.25, -0.2) is 0 Å². The summed E-state index contributed by atoms with van der Waals surface area (Å²) >= 11 is 0. The highest BCUT2D eigenvalue weighted by Crippen LogP contribution is 2.38. The molecule has 2 rings (SSSR count). The molecule has 1 N–H and O–H groups in total. The van der Waals surface area contributed by atoms with Gasteiger partial charge < -0.3 is 14.3 Å². The SMILES string of the molecule is CONCc1cc2c(c(C)c1C)OCO2. The molecule has 0 atom stereocenters. The second-order valence-corrected chi connectivity index (χ2v) is 3.54. The van der Waals surface area contributed by atoms with Crippen molar-refractivity contribution in [1.82, 2.24) is 5.48 Å². The predicted octanol–water partition coefficient (Wildman–Crippen LogP) is 1.68. The molecular formula is C11H15NO3. The van der Waals surface area contributed by atoms with Gasteiger partial charge in [0, 0.05) is 6.54 Å². The Hall–Kier alpha value is -1.26. The third-order valence-electron chi connectivity index (χ3n) is 2.74. The third-order valence-corrected chi connectivity index (χ3v) is 2.74. The van der Waals surface area contributed by atoms with E-state index in [4.69, 9.17) is 14.3 Å². The molecule has 1 heterocycles. The molecule has 4 heteroatoms. The summed E-state index contributed by atoms with van der Waals surface area (Å²) in [5.41, 5.74) is 6.34. The third kappa shape index (κ3) is 1.78. The topological polar surface area (TPSA) is 39.7 Å². The van der Waals surface area contributed by atoms with E-state index < -0.39 is 0 Å². The average Bonchev–Trinajstić information content (AvgIpc) is 2.69. The maximum absolute atomic E-state index is 5.40. The van der Waals surface area contributed by atoms with Crippen LogP contribution in [-0.2, 0) is 11.4 Å². The van der Waals surface area contributed by atoms with Crippen molar-refractivity contribution in [3.8, 4) is 11.5 Å². The molecule has 1 aromatic carbocycles. The van der Waals surface area contributed by atoms with Gasteiger partial charge in [-0.3, -0.25) is 0 Å². The van der Waals surface area contributed by atoms with Crippen LogP contribution < -0.4 is 15.0 Å². The predicted molar refractivity (Wildman–Crippen MR) is 55.9 cm³/mol. The van der Waals surface area contributed by atoms with Crippen molar-refractivity contribution in [1.29, 1.82) is 0 Å². The molecule has 0 spiro atoms. The van der Waals surface area contributed by atoms with Crippen molar-refractivity contribution in [3.63, 3.8) is 0 Å². The summed E-state index contributed by atoms with van der Waals surface area (Å²) in [7, 11) is 1.61. The Morgan fingerprint density at radius 2 is 2.13 bits per heavy atom. The van der Waals surface area contributed by atoms with Crippen LogP contribution in [0.15, 0.2) is 6.07 Å². The Kier molecular flexibility index (Phi) is 2.79. The van der Waals surface area contributed by atoms with Crippen LogP contribution in [0.2, 0.25) is 0 Å². The van der Waals surface area contributed by atoms with Gasteiger partial charge in [-0.15, -0.1) is 0 Å². The summed E-state index contributed by atoms with van der Waals surface area (Å²) in [6.45, 7) is 5.10. The fraction of sp³-hybridized carbons (Fsp3) is 0.455. The minimum Gasteiger partial charge on any atom is -0.454 e. The van der Waals surface area contributed by atoms with Crippen LogP contribution in [0.25, 0.3) is 0 Å². The van der Waals surface area contributed by atoms with E-state index in [1.165, 1.54) is 11.1 Å². The Labute approximate surface area is 89.1 Å². The fourth-order valence-corrected chi connectivity index (χ4v) is 1.70. The van der Waals surface area contributed by atoms with Crippen molar-refractivity contribution < 1.29 is 14.3 Å². The number of nitrogens with one attached hydrogen (secondary N) is 1. The van der Waals surface area contributed by atoms with Crippen LogP contribution >= 0.6 is 0 Å². The van der Waals surface area contributed by atoms with E-state index in [0.29, 0.717) is 13.3 Å². The molecule has 0 amide bonds. The Morgan fingerprint density at radius 1 is 1.33 bits per heavy atom. The van der Waals surface area contributed by atoms with Gasteiger partial charge in [0.15, 0.2) is 11.5 Å². The Morgan fingerprint density at radius 3 is 2.87 bits per heavy atom. The number of rotatable bonds is 3. The number of hydrogen-bond acceptors (Lipinski definition) is 4. The van der Waals surface area contributed by atoms with Crippen LogP contribution in [0.1, 0.15) is 16.7 Å². The number of hydroxylamine groups is 1. The lowest BCUT2D eigenvalue weighted by Crippen LogP contribution is -2.12. The molecule has 0 fully saturated rings. The van der Waals surface area contributed by atoms with Crippen molar-refractivity contribution in [2.45, 2.75) is 20.4 Å². The molecule has 1 aliphatic rings. The number of fused-ring (bicyclic) bond motifs is 1. The second-order valence-electron chi connectivity index (χ2n) is 3.54. The quantitative estimate of drug-likeness (QED) is 0.769. The monoisotopic (exact) mass is 209 g/mol. The van der Waals surface area contributed by atoms with E-state index in [1.807, 2.05) is 13.0 Å². The zero-order valence-corrected chi connectivity index (χ0v) is 9.22. The molecular weight excluding hydrogens is 194 g/mol. The van der Waals surface area contributed by atoms with Crippen molar-refractivity contribution >= 4 is 0 Å². The smallest absolute Gasteiger partial charge is 0.231 e. The Balaban J connectivity index is 2.36. The molecule has 0 unspecified atom stereocenters. The van der Waals surface area contributed by atoms with E-state index in [0.717, 1.165) is 17.1 Å². The summed E-state index contributed by atoms with van der Waals surface area (Å²) < 4.78 is 10.8. The maximum Gasteiger partial charge on any atom is 0.231 e. The lowest BCUT2D eigenvalue weighted by Gasteiger charge is -2.11. The van der Waals surface area contributed by atoms with Gasteiger partial charge in [0.25, 0.3) is 0 Å². The number of ether oxygens (including phenoxy) is 2. The maximum atomic E-state index is 5.40. The van der Waals surface area contributed by atoms with Crippen molar-refractivity contribution in [3.05, 3.63) is 22.8 Å². The second kappa shape index (κ2) is 4.08. The fourth-order valence-electron chi connectivity index (χ4n) is 1.70. The van der Waals surface area contributed by atoms with E-state index in [2.05, 4.69) is 12.4 Å². The minimum atomic E-state index is 0.316. The van der Waals surface area contributed by atoms with E-state index in [-0.39, 0.29) is 0 Å². The van der Waals surface area contributed by atoms with Crippen LogP contribution in [0.3, 0.4) is 0 Å². The largest absolute Gasteiger partial charge is 0.454 e. The highest BCUT2D eigenvalue weighted by atomic mass is 16.7. The molecule has 0 saturated heterocycles. The van der Waals surface area contributed by atoms with Crippen molar-refractivity contribution in [2.24, 2.45) is 0 Å². The molecule has 0 saturated carbocycles. The standard InChI is InChI=1S/C11H15NO3/c1-7-8(2)11-10(14-6-15-11)4-9(7)5-12-13-3/h4,12H,5-6H2,1-3H3. The van der Waals surface area contributed by atoms with Crippen LogP contribution in [0, 0.1) is 13.8 Å². The molecule has 0 radical (unpaired) electrons. The lowest BCUT2D eigenvalue weighted by atomic mass is 10.0. The molecule has 0 bridgehead atoms. The first-order chi connectivity index (χ1) is 7.24. The van der Waals surface area contributed by atoms with Gasteiger partial charge in [-0.05, 0) is 36.6 Å². The van der Waals surface area contributed by atoms with Gasteiger partial charge in [-0.2, -0.15) is 5.48 Å². The molecule has 0 aromatic heterocycles. The zero-order chi connectivity index (χ0) is 10.8. The summed E-state index contributed by atoms with van der Waals surface area (Å²) in [5, 5.41) is 0. The van der Waals surface area contributed by atoms with Crippen LogP contribution in [0.4, 0.5) is 0 Å². The molecule has 15 heavy (non-hydrogen) atoms. The van der Waals surface area contributed by atoms with E-state index in [9.17, 15) is 0 Å². The Bertz CT molecular complexity index is 377. The summed E-state index contributed by atoms with van der Waals surface area (Å²) in [6, 6.07) is 2.00. The van der Waals surface area contributed by atoms with Gasteiger partial charge in [0.2, 0.25) is 6.79 Å². The lowest BCUT2D eigenvalue weighted by molar-refractivity contribution is 0.0865. The molecule has 82 valence electrons. The summed E-state index contributed by atoms with van der Waals surface area (Å²) in [4.78, 5) is 4.84. The van der Waals surface area contributed by atoms with E-state index >= 15 is 0 Å².